The average Bonchev–Trinajstić information content (AvgIpc) is 3.13. The number of amides is 1. The third kappa shape index (κ3) is 3.77. The Bertz CT molecular complexity index is 1200. The van der Waals surface area contributed by atoms with Crippen molar-refractivity contribution in [3.63, 3.8) is 0 Å². The zero-order chi connectivity index (χ0) is 20.6. The summed E-state index contributed by atoms with van der Waals surface area (Å²) in [5.41, 5.74) is 4.99. The van der Waals surface area contributed by atoms with Gasteiger partial charge in [0.05, 0.1) is 5.69 Å². The lowest BCUT2D eigenvalue weighted by molar-refractivity contribution is 0.101. The molecule has 0 aliphatic heterocycles. The summed E-state index contributed by atoms with van der Waals surface area (Å²) in [6, 6.07) is 8.99. The second-order valence-corrected chi connectivity index (χ2v) is 6.97. The Hall–Kier alpha value is -3.45. The molecule has 0 saturated heterocycles. The summed E-state index contributed by atoms with van der Waals surface area (Å²) >= 11 is 0. The quantitative estimate of drug-likeness (QED) is 0.500. The van der Waals surface area contributed by atoms with Crippen molar-refractivity contribution in [1.29, 1.82) is 0 Å². The van der Waals surface area contributed by atoms with Crippen molar-refractivity contribution in [3.05, 3.63) is 72.4 Å². The van der Waals surface area contributed by atoms with E-state index in [1.54, 1.807) is 47.4 Å². The number of nitrogens with one attached hydrogen (secondary N) is 1. The Kier molecular flexibility index (Phi) is 4.68. The first-order valence-electron chi connectivity index (χ1n) is 8.45. The van der Waals surface area contributed by atoms with Crippen LogP contribution in [0.25, 0.3) is 16.8 Å². The lowest BCUT2D eigenvalue weighted by atomic mass is 10.1. The molecule has 1 unspecified atom stereocenters. The van der Waals surface area contributed by atoms with Crippen LogP contribution in [0.1, 0.15) is 15.9 Å². The number of imidazole rings is 1. The van der Waals surface area contributed by atoms with E-state index in [4.69, 9.17) is 5.73 Å². The molecule has 0 fully saturated rings. The molecule has 0 spiro atoms. The summed E-state index contributed by atoms with van der Waals surface area (Å²) in [5.74, 6) is -0.0829. The smallest absolute Gasteiger partial charge is 0.284 e. The average molecular weight is 412 g/mol. The summed E-state index contributed by atoms with van der Waals surface area (Å²) in [7, 11) is 1.45. The van der Waals surface area contributed by atoms with Crippen LogP contribution in [0.5, 0.6) is 0 Å². The number of alkyl halides is 2. The van der Waals surface area contributed by atoms with E-state index in [1.165, 1.54) is 21.5 Å². The van der Waals surface area contributed by atoms with Gasteiger partial charge in [0.15, 0.2) is 0 Å². The highest BCUT2D eigenvalue weighted by molar-refractivity contribution is 7.17. The molecule has 146 valence electrons. The molecular formula is C19H15F2N6OP. The number of rotatable bonds is 4. The number of hydrogen-bond acceptors (Lipinski definition) is 5. The maximum absolute atomic E-state index is 13.4. The van der Waals surface area contributed by atoms with E-state index in [1.807, 2.05) is 0 Å². The standard InChI is InChI=1S/C19H15F2N6OP/c20-19(21,29)13-5-6-23-14(9-13)26-18(28)12-3-1-11(2-4-12)15-16-17(22)24-7-8-27(16)10-25-15/h1-10H,29H2,(H2,22,24)(H,23,26,28). The van der Waals surface area contributed by atoms with E-state index < -0.39 is 11.6 Å². The number of fused-ring (bicyclic) bond motifs is 1. The molecule has 7 nitrogen and oxygen atoms in total. The summed E-state index contributed by atoms with van der Waals surface area (Å²) in [6.07, 6.45) is 6.17. The summed E-state index contributed by atoms with van der Waals surface area (Å²) in [5, 5.41) is 2.52. The molecule has 29 heavy (non-hydrogen) atoms. The Morgan fingerprint density at radius 2 is 1.86 bits per heavy atom. The van der Waals surface area contributed by atoms with Crippen LogP contribution in [0, 0.1) is 0 Å². The minimum Gasteiger partial charge on any atom is -0.382 e. The van der Waals surface area contributed by atoms with Crippen LogP contribution in [0.3, 0.4) is 0 Å². The van der Waals surface area contributed by atoms with Crippen LogP contribution in [-0.4, -0.2) is 25.3 Å². The second kappa shape index (κ2) is 7.18. The van der Waals surface area contributed by atoms with Gasteiger partial charge < -0.3 is 15.5 Å². The van der Waals surface area contributed by atoms with Gasteiger partial charge in [-0.3, -0.25) is 4.79 Å². The highest BCUT2D eigenvalue weighted by Crippen LogP contribution is 2.35. The molecule has 0 aliphatic carbocycles. The van der Waals surface area contributed by atoms with E-state index >= 15 is 0 Å². The van der Waals surface area contributed by atoms with Crippen molar-refractivity contribution < 1.29 is 13.6 Å². The number of carbonyl (C=O) groups is 1. The van der Waals surface area contributed by atoms with E-state index in [0.717, 1.165) is 11.6 Å². The van der Waals surface area contributed by atoms with Crippen molar-refractivity contribution in [3.8, 4) is 11.3 Å². The van der Waals surface area contributed by atoms with E-state index in [0.29, 0.717) is 22.6 Å². The van der Waals surface area contributed by atoms with Crippen LogP contribution in [0.15, 0.2) is 61.3 Å². The highest BCUT2D eigenvalue weighted by atomic mass is 31.0. The summed E-state index contributed by atoms with van der Waals surface area (Å²) in [6.45, 7) is 0. The Morgan fingerprint density at radius 1 is 1.10 bits per heavy atom. The van der Waals surface area contributed by atoms with Crippen molar-refractivity contribution in [1.82, 2.24) is 19.4 Å². The molecule has 3 heterocycles. The number of benzene rings is 1. The molecule has 0 aliphatic rings. The molecule has 3 N–H and O–H groups in total. The molecule has 10 heteroatoms. The molecule has 0 bridgehead atoms. The number of nitrogen functional groups attached to an aromatic ring is 1. The number of nitrogens with zero attached hydrogens (tertiary/aromatic N) is 4. The van der Waals surface area contributed by atoms with Gasteiger partial charge in [-0.05, 0) is 24.3 Å². The first kappa shape index (κ1) is 18.9. The van der Waals surface area contributed by atoms with E-state index in [2.05, 4.69) is 20.3 Å². The molecule has 0 radical (unpaired) electrons. The third-order valence-corrected chi connectivity index (χ3v) is 4.62. The SMILES string of the molecule is Nc1nccn2cnc(-c3ccc(C(=O)Nc4cc(C(F)(F)P)ccn4)cc3)c12. The van der Waals surface area contributed by atoms with Crippen LogP contribution in [-0.2, 0) is 5.66 Å². The molecule has 4 aromatic rings. The number of carbonyl (C=O) groups excluding carboxylic acids is 1. The predicted molar refractivity (Wildman–Crippen MR) is 109 cm³/mol. The van der Waals surface area contributed by atoms with Crippen molar-refractivity contribution in [2.45, 2.75) is 5.66 Å². The minimum absolute atomic E-state index is 0.0395. The van der Waals surface area contributed by atoms with Crippen LogP contribution in [0.4, 0.5) is 20.4 Å². The van der Waals surface area contributed by atoms with Gasteiger partial charge in [-0.25, -0.2) is 15.0 Å². The number of anilines is 2. The highest BCUT2D eigenvalue weighted by Gasteiger charge is 2.25. The lowest BCUT2D eigenvalue weighted by Gasteiger charge is -2.12. The Balaban J connectivity index is 1.57. The first-order valence-corrected chi connectivity index (χ1v) is 9.03. The fraction of sp³-hybridized carbons (Fsp3) is 0.0526. The van der Waals surface area contributed by atoms with Gasteiger partial charge in [-0.1, -0.05) is 21.4 Å². The van der Waals surface area contributed by atoms with E-state index in [9.17, 15) is 13.6 Å². The predicted octanol–water partition coefficient (Wildman–Crippen LogP) is 3.55. The van der Waals surface area contributed by atoms with Crippen LogP contribution < -0.4 is 11.1 Å². The monoisotopic (exact) mass is 412 g/mol. The Morgan fingerprint density at radius 3 is 2.59 bits per heavy atom. The maximum Gasteiger partial charge on any atom is 0.284 e. The van der Waals surface area contributed by atoms with Crippen LogP contribution in [0.2, 0.25) is 0 Å². The molecule has 1 amide bonds. The molecule has 4 rings (SSSR count). The first-order chi connectivity index (χ1) is 13.8. The van der Waals surface area contributed by atoms with E-state index in [-0.39, 0.29) is 11.4 Å². The number of pyridine rings is 1. The maximum atomic E-state index is 13.4. The molecule has 1 aromatic carbocycles. The number of nitrogens with two attached hydrogens (primary N) is 1. The second-order valence-electron chi connectivity index (χ2n) is 6.25. The summed E-state index contributed by atoms with van der Waals surface area (Å²) < 4.78 is 28.6. The van der Waals surface area contributed by atoms with Gasteiger partial charge in [-0.15, -0.1) is 0 Å². The topological polar surface area (TPSA) is 98.2 Å². The van der Waals surface area contributed by atoms with Crippen molar-refractivity contribution in [2.24, 2.45) is 0 Å². The van der Waals surface area contributed by atoms with Crippen molar-refractivity contribution in [2.75, 3.05) is 11.1 Å². The fourth-order valence-corrected chi connectivity index (χ4v) is 3.04. The van der Waals surface area contributed by atoms with Crippen molar-refractivity contribution >= 4 is 32.3 Å². The number of halogens is 2. The zero-order valence-corrected chi connectivity index (χ0v) is 16.0. The normalized spacial score (nSPS) is 11.6. The number of aromatic nitrogens is 4. The van der Waals surface area contributed by atoms with Gasteiger partial charge >= 0.3 is 0 Å². The molecule has 1 atom stereocenters. The van der Waals surface area contributed by atoms with Gasteiger partial charge in [0, 0.05) is 35.3 Å². The zero-order valence-electron chi connectivity index (χ0n) is 14.9. The van der Waals surface area contributed by atoms with Gasteiger partial charge in [0.1, 0.15) is 23.5 Å². The molecule has 0 saturated carbocycles. The molecule has 3 aromatic heterocycles. The molecular weight excluding hydrogens is 397 g/mol. The summed E-state index contributed by atoms with van der Waals surface area (Å²) in [4.78, 5) is 24.8. The minimum atomic E-state index is -3.10. The van der Waals surface area contributed by atoms with Gasteiger partial charge in [-0.2, -0.15) is 8.78 Å². The van der Waals surface area contributed by atoms with Gasteiger partial charge in [0.2, 0.25) is 0 Å². The van der Waals surface area contributed by atoms with Crippen LogP contribution >= 0.6 is 9.24 Å². The largest absolute Gasteiger partial charge is 0.382 e. The Labute approximate surface area is 166 Å². The fourth-order valence-electron chi connectivity index (χ4n) is 2.86. The van der Waals surface area contributed by atoms with Gasteiger partial charge in [0.25, 0.3) is 11.6 Å². The number of hydrogen-bond donors (Lipinski definition) is 2. The lowest BCUT2D eigenvalue weighted by Crippen LogP contribution is -2.14. The third-order valence-electron chi connectivity index (χ3n) is 4.28.